The molecule has 2 aromatic carbocycles. The first-order valence-electron chi connectivity index (χ1n) is 8.79. The Hall–Kier alpha value is -3.06. The number of hydrogen-bond donors (Lipinski definition) is 1. The second kappa shape index (κ2) is 8.75. The maximum Gasteiger partial charge on any atom is 0.261 e. The number of hydrogen-bond acceptors (Lipinski definition) is 6. The van der Waals surface area contributed by atoms with Crippen molar-refractivity contribution in [1.82, 2.24) is 4.98 Å². The number of aryl methyl sites for hydroxylation is 1. The molecule has 0 aliphatic heterocycles. The van der Waals surface area contributed by atoms with Crippen molar-refractivity contribution in [3.63, 3.8) is 0 Å². The van der Waals surface area contributed by atoms with Crippen LogP contribution in [0, 0.1) is 6.92 Å². The first-order valence-corrected chi connectivity index (χ1v) is 9.61. The van der Waals surface area contributed by atoms with Gasteiger partial charge in [0.2, 0.25) is 0 Å². The first-order chi connectivity index (χ1) is 13.5. The summed E-state index contributed by atoms with van der Waals surface area (Å²) in [6, 6.07) is 12.8. The molecule has 0 bridgehead atoms. The molecule has 0 aliphatic carbocycles. The lowest BCUT2D eigenvalue weighted by Gasteiger charge is -2.09. The molecule has 0 radical (unpaired) electrons. The van der Waals surface area contributed by atoms with E-state index in [2.05, 4.69) is 10.3 Å². The van der Waals surface area contributed by atoms with Gasteiger partial charge >= 0.3 is 0 Å². The topological polar surface area (TPSA) is 69.7 Å². The predicted octanol–water partition coefficient (Wildman–Crippen LogP) is 4.79. The third kappa shape index (κ3) is 4.26. The van der Waals surface area contributed by atoms with Crippen LogP contribution < -0.4 is 19.5 Å². The Morgan fingerprint density at radius 2 is 1.79 bits per heavy atom. The van der Waals surface area contributed by atoms with Crippen LogP contribution >= 0.6 is 11.3 Å². The van der Waals surface area contributed by atoms with Crippen molar-refractivity contribution in [3.05, 3.63) is 52.9 Å². The molecule has 0 spiro atoms. The van der Waals surface area contributed by atoms with Gasteiger partial charge in [0.25, 0.3) is 5.91 Å². The first kappa shape index (κ1) is 19.7. The van der Waals surface area contributed by atoms with E-state index < -0.39 is 0 Å². The number of carbonyl (C=O) groups is 1. The number of nitrogens with one attached hydrogen (secondary N) is 1. The molecule has 1 N–H and O–H groups in total. The summed E-state index contributed by atoms with van der Waals surface area (Å²) in [5, 5.41) is 3.38. The Morgan fingerprint density at radius 3 is 2.43 bits per heavy atom. The van der Waals surface area contributed by atoms with E-state index in [-0.39, 0.29) is 5.91 Å². The lowest BCUT2D eigenvalue weighted by molar-refractivity contribution is 0.102. The molecule has 28 heavy (non-hydrogen) atoms. The van der Waals surface area contributed by atoms with Gasteiger partial charge in [0.15, 0.2) is 5.13 Å². The maximum atomic E-state index is 12.7. The Morgan fingerprint density at radius 1 is 1.07 bits per heavy atom. The molecule has 3 rings (SSSR count). The van der Waals surface area contributed by atoms with Gasteiger partial charge in [-0.2, -0.15) is 0 Å². The van der Waals surface area contributed by atoms with Crippen molar-refractivity contribution in [2.75, 3.05) is 26.1 Å². The van der Waals surface area contributed by atoms with E-state index in [0.717, 1.165) is 21.9 Å². The van der Waals surface area contributed by atoms with Gasteiger partial charge in [-0.15, -0.1) is 11.3 Å². The second-order valence-corrected chi connectivity index (χ2v) is 7.10. The highest BCUT2D eigenvalue weighted by Gasteiger charge is 2.17. The largest absolute Gasteiger partial charge is 0.497 e. The fourth-order valence-corrected chi connectivity index (χ4v) is 3.58. The van der Waals surface area contributed by atoms with Crippen LogP contribution in [0.2, 0.25) is 0 Å². The summed E-state index contributed by atoms with van der Waals surface area (Å²) in [5.41, 5.74) is 2.19. The summed E-state index contributed by atoms with van der Waals surface area (Å²) in [5.74, 6) is 1.56. The minimum absolute atomic E-state index is 0.303. The number of aromatic nitrogens is 1. The van der Waals surface area contributed by atoms with Gasteiger partial charge in [0.1, 0.15) is 17.2 Å². The molecular formula is C21H22N2O4S. The van der Waals surface area contributed by atoms with Gasteiger partial charge in [-0.25, -0.2) is 4.98 Å². The van der Waals surface area contributed by atoms with E-state index in [1.54, 1.807) is 25.3 Å². The molecule has 0 saturated carbocycles. The summed E-state index contributed by atoms with van der Waals surface area (Å²) < 4.78 is 16.0. The molecule has 0 saturated heterocycles. The van der Waals surface area contributed by atoms with E-state index in [1.807, 2.05) is 38.1 Å². The van der Waals surface area contributed by atoms with Crippen LogP contribution in [-0.4, -0.2) is 31.7 Å². The predicted molar refractivity (Wildman–Crippen MR) is 111 cm³/mol. The van der Waals surface area contributed by atoms with E-state index >= 15 is 0 Å². The number of thiazole rings is 1. The van der Waals surface area contributed by atoms with Gasteiger partial charge in [-0.05, 0) is 56.3 Å². The molecule has 6 nitrogen and oxygen atoms in total. The van der Waals surface area contributed by atoms with Crippen molar-refractivity contribution in [2.45, 2.75) is 13.8 Å². The Kier molecular flexibility index (Phi) is 6.16. The van der Waals surface area contributed by atoms with E-state index in [0.29, 0.717) is 28.8 Å². The third-order valence-electron chi connectivity index (χ3n) is 4.11. The zero-order chi connectivity index (χ0) is 20.1. The highest BCUT2D eigenvalue weighted by Crippen LogP contribution is 2.32. The number of anilines is 1. The quantitative estimate of drug-likeness (QED) is 0.620. The molecule has 146 valence electrons. The van der Waals surface area contributed by atoms with Crippen LogP contribution in [0.25, 0.3) is 11.3 Å². The molecular weight excluding hydrogens is 376 g/mol. The van der Waals surface area contributed by atoms with Crippen LogP contribution in [0.15, 0.2) is 42.5 Å². The Bertz CT molecular complexity index is 967. The molecule has 0 fully saturated rings. The molecule has 0 aliphatic rings. The number of amides is 1. The highest BCUT2D eigenvalue weighted by molar-refractivity contribution is 7.16. The van der Waals surface area contributed by atoms with Gasteiger partial charge < -0.3 is 14.2 Å². The van der Waals surface area contributed by atoms with Crippen molar-refractivity contribution < 1.29 is 19.0 Å². The summed E-state index contributed by atoms with van der Waals surface area (Å²) in [6.07, 6.45) is 0. The van der Waals surface area contributed by atoms with Crippen LogP contribution in [0.4, 0.5) is 5.13 Å². The van der Waals surface area contributed by atoms with Gasteiger partial charge in [0, 0.05) is 10.4 Å². The lowest BCUT2D eigenvalue weighted by Crippen LogP contribution is -2.13. The number of ether oxygens (including phenoxy) is 3. The Balaban J connectivity index is 1.82. The normalized spacial score (nSPS) is 10.4. The molecule has 1 heterocycles. The van der Waals surface area contributed by atoms with Crippen LogP contribution in [0.5, 0.6) is 17.2 Å². The van der Waals surface area contributed by atoms with Crippen molar-refractivity contribution in [2.24, 2.45) is 0 Å². The van der Waals surface area contributed by atoms with Gasteiger partial charge in [-0.1, -0.05) is 0 Å². The van der Waals surface area contributed by atoms with Crippen molar-refractivity contribution in [1.29, 1.82) is 0 Å². The zero-order valence-electron chi connectivity index (χ0n) is 16.2. The molecule has 7 heteroatoms. The number of carbonyl (C=O) groups excluding carboxylic acids is 1. The third-order valence-corrected chi connectivity index (χ3v) is 4.99. The zero-order valence-corrected chi connectivity index (χ0v) is 17.1. The monoisotopic (exact) mass is 398 g/mol. The highest BCUT2D eigenvalue weighted by atomic mass is 32.1. The molecule has 3 aromatic rings. The van der Waals surface area contributed by atoms with E-state index in [9.17, 15) is 4.79 Å². The molecule has 1 aromatic heterocycles. The number of methoxy groups -OCH3 is 2. The average molecular weight is 398 g/mol. The fourth-order valence-electron chi connectivity index (χ4n) is 2.75. The minimum Gasteiger partial charge on any atom is -0.497 e. The number of rotatable bonds is 7. The summed E-state index contributed by atoms with van der Waals surface area (Å²) in [6.45, 7) is 4.55. The smallest absolute Gasteiger partial charge is 0.261 e. The van der Waals surface area contributed by atoms with Crippen LogP contribution in [0.3, 0.4) is 0 Å². The minimum atomic E-state index is -0.303. The molecule has 1 amide bonds. The molecule has 0 unspecified atom stereocenters. The second-order valence-electron chi connectivity index (χ2n) is 5.90. The average Bonchev–Trinajstić information content (AvgIpc) is 3.08. The SMILES string of the molecule is CCOc1ccc(-c2nc(NC(=O)c3cc(OC)ccc3OC)sc2C)cc1. The number of nitrogens with zero attached hydrogens (tertiary/aromatic N) is 1. The van der Waals surface area contributed by atoms with Crippen molar-refractivity contribution >= 4 is 22.4 Å². The van der Waals surface area contributed by atoms with Crippen LogP contribution in [-0.2, 0) is 0 Å². The van der Waals surface area contributed by atoms with E-state index in [4.69, 9.17) is 14.2 Å². The fraction of sp³-hybridized carbons (Fsp3) is 0.238. The Labute approximate surface area is 168 Å². The van der Waals surface area contributed by atoms with Gasteiger partial charge in [-0.3, -0.25) is 10.1 Å². The summed E-state index contributed by atoms with van der Waals surface area (Å²) in [4.78, 5) is 18.3. The van der Waals surface area contributed by atoms with Crippen molar-refractivity contribution in [3.8, 4) is 28.5 Å². The standard InChI is InChI=1S/C21H22N2O4S/c1-5-27-15-8-6-14(7-9-15)19-13(2)28-21(22-19)23-20(24)17-12-16(25-3)10-11-18(17)26-4/h6-12H,5H2,1-4H3,(H,22,23,24). The van der Waals surface area contributed by atoms with Gasteiger partial charge in [0.05, 0.1) is 32.1 Å². The summed E-state index contributed by atoms with van der Waals surface area (Å²) >= 11 is 1.42. The van der Waals surface area contributed by atoms with E-state index in [1.165, 1.54) is 18.4 Å². The lowest BCUT2D eigenvalue weighted by atomic mass is 10.1. The van der Waals surface area contributed by atoms with Crippen LogP contribution in [0.1, 0.15) is 22.2 Å². The molecule has 0 atom stereocenters. The number of benzene rings is 2. The summed E-state index contributed by atoms with van der Waals surface area (Å²) in [7, 11) is 3.08. The maximum absolute atomic E-state index is 12.7.